The molecule has 0 aliphatic heterocycles. The largest absolute Gasteiger partial charge is 0.456 e. The maximum atomic E-state index is 12.9. The van der Waals surface area contributed by atoms with Gasteiger partial charge in [-0.2, -0.15) is 0 Å². The van der Waals surface area contributed by atoms with Gasteiger partial charge in [-0.05, 0) is 37.3 Å². The minimum Gasteiger partial charge on any atom is -0.456 e. The first-order valence-electron chi connectivity index (χ1n) is 5.51. The van der Waals surface area contributed by atoms with Gasteiger partial charge >= 0.3 is 0 Å². The second-order valence-electron chi connectivity index (χ2n) is 3.98. The van der Waals surface area contributed by atoms with Crippen molar-refractivity contribution in [2.45, 2.75) is 6.92 Å². The van der Waals surface area contributed by atoms with E-state index in [4.69, 9.17) is 22.1 Å². The zero-order valence-electron chi connectivity index (χ0n) is 10.1. The fraction of sp³-hybridized carbons (Fsp3) is 0.0714. The van der Waals surface area contributed by atoms with Crippen LogP contribution in [0.2, 0.25) is 5.02 Å². The van der Waals surface area contributed by atoms with Crippen LogP contribution in [0.5, 0.6) is 11.5 Å². The molecule has 0 unspecified atom stereocenters. The molecule has 0 amide bonds. The van der Waals surface area contributed by atoms with Gasteiger partial charge in [0.05, 0.1) is 5.02 Å². The van der Waals surface area contributed by atoms with Crippen LogP contribution < -0.4 is 10.5 Å². The smallest absolute Gasteiger partial charge is 0.161 e. The first-order chi connectivity index (χ1) is 8.97. The molecule has 0 saturated heterocycles. The van der Waals surface area contributed by atoms with Gasteiger partial charge in [-0.25, -0.2) is 4.39 Å². The third-order valence-electron chi connectivity index (χ3n) is 2.52. The van der Waals surface area contributed by atoms with Crippen LogP contribution in [0.4, 0.5) is 10.1 Å². The predicted molar refractivity (Wildman–Crippen MR) is 72.3 cm³/mol. The number of carbonyl (C=O) groups is 1. The number of anilines is 1. The molecule has 0 aliphatic rings. The standard InChI is InChI=1S/C14H11ClFNO2/c1-8(18)11-4-3-10(7-13(11)17)19-14-5-2-9(16)6-12(14)15/h2-7H,17H2,1H3. The molecule has 0 fully saturated rings. The average Bonchev–Trinajstić information content (AvgIpc) is 2.32. The number of Topliss-reactive ketones (excluding diaryl/α,β-unsaturated/α-hetero) is 1. The molecule has 19 heavy (non-hydrogen) atoms. The van der Waals surface area contributed by atoms with Crippen molar-refractivity contribution in [3.63, 3.8) is 0 Å². The van der Waals surface area contributed by atoms with Gasteiger partial charge in [0.1, 0.15) is 17.3 Å². The van der Waals surface area contributed by atoms with Gasteiger partial charge in [0.2, 0.25) is 0 Å². The Labute approximate surface area is 114 Å². The van der Waals surface area contributed by atoms with Crippen LogP contribution in [0.15, 0.2) is 36.4 Å². The summed E-state index contributed by atoms with van der Waals surface area (Å²) in [5.41, 5.74) is 6.50. The second kappa shape index (κ2) is 5.28. The maximum Gasteiger partial charge on any atom is 0.161 e. The van der Waals surface area contributed by atoms with Crippen molar-refractivity contribution in [3.8, 4) is 11.5 Å². The van der Waals surface area contributed by atoms with Crippen LogP contribution >= 0.6 is 11.6 Å². The van der Waals surface area contributed by atoms with E-state index in [2.05, 4.69) is 0 Å². The van der Waals surface area contributed by atoms with E-state index in [9.17, 15) is 9.18 Å². The molecule has 0 spiro atoms. The van der Waals surface area contributed by atoms with Gasteiger partial charge in [-0.1, -0.05) is 11.6 Å². The highest BCUT2D eigenvalue weighted by Crippen LogP contribution is 2.31. The van der Waals surface area contributed by atoms with Gasteiger partial charge < -0.3 is 10.5 Å². The summed E-state index contributed by atoms with van der Waals surface area (Å²) in [5.74, 6) is 0.182. The molecule has 3 nitrogen and oxygen atoms in total. The van der Waals surface area contributed by atoms with Crippen LogP contribution in [-0.4, -0.2) is 5.78 Å². The first kappa shape index (κ1) is 13.4. The fourth-order valence-corrected chi connectivity index (χ4v) is 1.82. The zero-order chi connectivity index (χ0) is 14.0. The lowest BCUT2D eigenvalue weighted by molar-refractivity contribution is 0.101. The molecule has 5 heteroatoms. The van der Waals surface area contributed by atoms with Gasteiger partial charge in [-0.15, -0.1) is 0 Å². The van der Waals surface area contributed by atoms with Crippen LogP contribution in [-0.2, 0) is 0 Å². The van der Waals surface area contributed by atoms with Crippen LogP contribution in [0.3, 0.4) is 0 Å². The number of carbonyl (C=O) groups excluding carboxylic acids is 1. The van der Waals surface area contributed by atoms with Crippen molar-refractivity contribution >= 4 is 23.1 Å². The highest BCUT2D eigenvalue weighted by molar-refractivity contribution is 6.32. The number of benzene rings is 2. The number of hydrogen-bond donors (Lipinski definition) is 1. The predicted octanol–water partition coefficient (Wildman–Crippen LogP) is 4.06. The normalized spacial score (nSPS) is 10.3. The lowest BCUT2D eigenvalue weighted by atomic mass is 10.1. The summed E-state index contributed by atoms with van der Waals surface area (Å²) < 4.78 is 18.4. The second-order valence-corrected chi connectivity index (χ2v) is 4.39. The quantitative estimate of drug-likeness (QED) is 0.681. The Morgan fingerprint density at radius 2 is 2.00 bits per heavy atom. The van der Waals surface area contributed by atoms with Gasteiger partial charge in [0.25, 0.3) is 0 Å². The molecule has 0 radical (unpaired) electrons. The van der Waals surface area contributed by atoms with E-state index < -0.39 is 5.82 Å². The summed E-state index contributed by atoms with van der Waals surface area (Å²) in [6, 6.07) is 8.53. The van der Waals surface area contributed by atoms with E-state index in [0.29, 0.717) is 22.7 Å². The summed E-state index contributed by atoms with van der Waals surface area (Å²) in [4.78, 5) is 11.2. The van der Waals surface area contributed by atoms with Crippen molar-refractivity contribution in [3.05, 3.63) is 52.8 Å². The third-order valence-corrected chi connectivity index (χ3v) is 2.82. The van der Waals surface area contributed by atoms with E-state index >= 15 is 0 Å². The number of ketones is 1. The lowest BCUT2D eigenvalue weighted by Gasteiger charge is -2.09. The molecule has 0 atom stereocenters. The lowest BCUT2D eigenvalue weighted by Crippen LogP contribution is -1.99. The average molecular weight is 280 g/mol. The zero-order valence-corrected chi connectivity index (χ0v) is 10.9. The number of nitrogens with two attached hydrogens (primary N) is 1. The van der Waals surface area contributed by atoms with E-state index in [-0.39, 0.29) is 10.8 Å². The number of ether oxygens (including phenoxy) is 1. The first-order valence-corrected chi connectivity index (χ1v) is 5.88. The molecule has 0 bridgehead atoms. The summed E-state index contributed by atoms with van der Waals surface area (Å²) in [6.45, 7) is 1.43. The summed E-state index contributed by atoms with van der Waals surface area (Å²) >= 11 is 5.85. The van der Waals surface area contributed by atoms with Crippen molar-refractivity contribution in [2.75, 3.05) is 5.73 Å². The molecule has 0 heterocycles. The molecular weight excluding hydrogens is 269 g/mol. The molecule has 0 aliphatic carbocycles. The topological polar surface area (TPSA) is 52.3 Å². The van der Waals surface area contributed by atoms with Gasteiger partial charge in [0, 0.05) is 17.3 Å². The molecule has 0 aromatic heterocycles. The number of halogens is 2. The van der Waals surface area contributed by atoms with Crippen molar-refractivity contribution < 1.29 is 13.9 Å². The van der Waals surface area contributed by atoms with Crippen molar-refractivity contribution in [1.29, 1.82) is 0 Å². The Morgan fingerprint density at radius 3 is 2.58 bits per heavy atom. The van der Waals surface area contributed by atoms with Crippen molar-refractivity contribution in [2.24, 2.45) is 0 Å². The molecule has 2 N–H and O–H groups in total. The molecule has 0 saturated carbocycles. The summed E-state index contributed by atoms with van der Waals surface area (Å²) in [7, 11) is 0. The highest BCUT2D eigenvalue weighted by atomic mass is 35.5. The van der Waals surface area contributed by atoms with Crippen LogP contribution in [0.25, 0.3) is 0 Å². The number of rotatable bonds is 3. The fourth-order valence-electron chi connectivity index (χ4n) is 1.61. The Hall–Kier alpha value is -2.07. The molecule has 98 valence electrons. The minimum atomic E-state index is -0.441. The van der Waals surface area contributed by atoms with Gasteiger partial charge in [-0.3, -0.25) is 4.79 Å². The molecule has 2 rings (SSSR count). The van der Waals surface area contributed by atoms with E-state index in [1.54, 1.807) is 12.1 Å². The third kappa shape index (κ3) is 3.03. The summed E-state index contributed by atoms with van der Waals surface area (Å²) in [6.07, 6.45) is 0. The molecular formula is C14H11ClFNO2. The molecule has 2 aromatic rings. The number of nitrogen functional groups attached to an aromatic ring is 1. The van der Waals surface area contributed by atoms with Crippen LogP contribution in [0, 0.1) is 5.82 Å². The van der Waals surface area contributed by atoms with Crippen LogP contribution in [0.1, 0.15) is 17.3 Å². The number of hydrogen-bond acceptors (Lipinski definition) is 3. The Morgan fingerprint density at radius 1 is 1.26 bits per heavy atom. The summed E-state index contributed by atoms with van der Waals surface area (Å²) in [5, 5.41) is 0.161. The highest BCUT2D eigenvalue weighted by Gasteiger charge is 2.08. The Balaban J connectivity index is 2.29. The SMILES string of the molecule is CC(=O)c1ccc(Oc2ccc(F)cc2Cl)cc1N. The monoisotopic (exact) mass is 279 g/mol. The maximum absolute atomic E-state index is 12.9. The van der Waals surface area contributed by atoms with Crippen molar-refractivity contribution in [1.82, 2.24) is 0 Å². The van der Waals surface area contributed by atoms with Gasteiger partial charge in [0.15, 0.2) is 5.78 Å². The minimum absolute atomic E-state index is 0.121. The molecule has 2 aromatic carbocycles. The van der Waals surface area contributed by atoms with E-state index in [1.807, 2.05) is 0 Å². The van der Waals surface area contributed by atoms with E-state index in [1.165, 1.54) is 25.1 Å². The Kier molecular flexibility index (Phi) is 3.71. The Bertz CT molecular complexity index is 643. The van der Waals surface area contributed by atoms with E-state index in [0.717, 1.165) is 6.07 Å².